The van der Waals surface area contributed by atoms with Crippen molar-refractivity contribution < 1.29 is 22.9 Å². The van der Waals surface area contributed by atoms with Crippen molar-refractivity contribution in [2.75, 3.05) is 0 Å². The lowest BCUT2D eigenvalue weighted by Gasteiger charge is -2.25. The summed E-state index contributed by atoms with van der Waals surface area (Å²) in [5, 5.41) is 15.4. The molecule has 0 spiro atoms. The van der Waals surface area contributed by atoms with Crippen molar-refractivity contribution in [3.63, 3.8) is 0 Å². The number of alkyl halides is 3. The predicted molar refractivity (Wildman–Crippen MR) is 65.5 cm³/mol. The molecule has 0 radical (unpaired) electrons. The summed E-state index contributed by atoms with van der Waals surface area (Å²) in [5.74, 6) is 0. The van der Waals surface area contributed by atoms with Gasteiger partial charge in [-0.15, -0.1) is 0 Å². The fraction of sp³-hybridized carbons (Fsp3) is 0.250. The van der Waals surface area contributed by atoms with Crippen LogP contribution in [0, 0.1) is 10.1 Å². The van der Waals surface area contributed by atoms with Crippen molar-refractivity contribution in [3.05, 3.63) is 56.9 Å². The molecule has 1 heterocycles. The van der Waals surface area contributed by atoms with Crippen LogP contribution in [0.5, 0.6) is 0 Å². The molecule has 2 N–H and O–H groups in total. The number of amides is 2. The summed E-state index contributed by atoms with van der Waals surface area (Å²) < 4.78 is 39.0. The fourth-order valence-electron chi connectivity index (χ4n) is 2.16. The van der Waals surface area contributed by atoms with Crippen molar-refractivity contribution in [2.24, 2.45) is 0 Å². The van der Waals surface area contributed by atoms with Gasteiger partial charge in [-0.1, -0.05) is 18.2 Å². The lowest BCUT2D eigenvalue weighted by molar-refractivity contribution is -0.432. The lowest BCUT2D eigenvalue weighted by Crippen LogP contribution is -2.45. The normalized spacial score (nSPS) is 19.0. The molecule has 1 aromatic rings. The summed E-state index contributed by atoms with van der Waals surface area (Å²) in [4.78, 5) is 21.7. The molecule has 0 aromatic heterocycles. The van der Waals surface area contributed by atoms with Crippen molar-refractivity contribution in [1.82, 2.24) is 10.6 Å². The number of urea groups is 1. The maximum absolute atomic E-state index is 13.0. The molecular formula is C12H10F3N3O3. The van der Waals surface area contributed by atoms with E-state index in [-0.39, 0.29) is 11.3 Å². The second kappa shape index (κ2) is 5.08. The number of carbonyl (C=O) groups excluding carboxylic acids is 1. The van der Waals surface area contributed by atoms with Crippen LogP contribution in [0.4, 0.5) is 18.0 Å². The first-order valence-electron chi connectivity index (χ1n) is 5.80. The van der Waals surface area contributed by atoms with E-state index in [9.17, 15) is 28.1 Å². The maximum Gasteiger partial charge on any atom is 0.416 e. The van der Waals surface area contributed by atoms with E-state index in [1.807, 2.05) is 0 Å². The van der Waals surface area contributed by atoms with E-state index in [4.69, 9.17) is 0 Å². The molecule has 0 saturated heterocycles. The highest BCUT2D eigenvalue weighted by Gasteiger charge is 2.41. The van der Waals surface area contributed by atoms with E-state index in [2.05, 4.69) is 10.6 Å². The molecule has 9 heteroatoms. The summed E-state index contributed by atoms with van der Waals surface area (Å²) in [6, 6.07) is 2.17. The van der Waals surface area contributed by atoms with Crippen LogP contribution >= 0.6 is 0 Å². The number of allylic oxidation sites excluding steroid dienone is 1. The zero-order valence-electron chi connectivity index (χ0n) is 10.7. The first-order valence-corrected chi connectivity index (χ1v) is 5.80. The Hall–Kier alpha value is -2.58. The molecule has 1 atom stereocenters. The van der Waals surface area contributed by atoms with Crippen molar-refractivity contribution in [2.45, 2.75) is 19.1 Å². The molecule has 2 rings (SSSR count). The van der Waals surface area contributed by atoms with Crippen LogP contribution in [-0.2, 0) is 6.18 Å². The molecule has 112 valence electrons. The van der Waals surface area contributed by atoms with E-state index in [0.29, 0.717) is 0 Å². The van der Waals surface area contributed by atoms with Gasteiger partial charge in [0.25, 0.3) is 5.70 Å². The fourth-order valence-corrected chi connectivity index (χ4v) is 2.16. The van der Waals surface area contributed by atoms with Gasteiger partial charge < -0.3 is 10.6 Å². The van der Waals surface area contributed by atoms with Gasteiger partial charge in [-0.2, -0.15) is 13.2 Å². The topological polar surface area (TPSA) is 84.3 Å². The molecule has 1 aliphatic rings. The Morgan fingerprint density at radius 3 is 2.48 bits per heavy atom. The van der Waals surface area contributed by atoms with Crippen LogP contribution in [-0.4, -0.2) is 11.0 Å². The Balaban J connectivity index is 2.62. The van der Waals surface area contributed by atoms with Crippen molar-refractivity contribution in [1.29, 1.82) is 0 Å². The number of nitro groups is 1. The number of carbonyl (C=O) groups is 1. The Kier molecular flexibility index (Phi) is 3.58. The third kappa shape index (κ3) is 2.81. The van der Waals surface area contributed by atoms with Crippen molar-refractivity contribution >= 4 is 6.03 Å². The molecule has 2 amide bonds. The van der Waals surface area contributed by atoms with E-state index in [0.717, 1.165) is 12.1 Å². The third-order valence-corrected chi connectivity index (χ3v) is 3.01. The predicted octanol–water partition coefficient (Wildman–Crippen LogP) is 2.57. The summed E-state index contributed by atoms with van der Waals surface area (Å²) >= 11 is 0. The average Bonchev–Trinajstić information content (AvgIpc) is 2.36. The van der Waals surface area contributed by atoms with E-state index >= 15 is 0 Å². The number of benzene rings is 1. The number of rotatable bonds is 2. The van der Waals surface area contributed by atoms with Gasteiger partial charge in [-0.05, 0) is 18.6 Å². The first-order chi connectivity index (χ1) is 9.71. The molecular weight excluding hydrogens is 291 g/mol. The Morgan fingerprint density at radius 1 is 1.29 bits per heavy atom. The molecule has 0 aliphatic carbocycles. The highest BCUT2D eigenvalue weighted by atomic mass is 19.4. The standard InChI is InChI=1S/C12H10F3N3O3/c1-6-10(18(20)21)9(17-11(19)16-6)7-4-2-3-5-8(7)12(13,14)15/h2-5,9H,1H3,(H2,16,17,19)/t9-/m0/s1. The molecule has 1 aromatic carbocycles. The summed E-state index contributed by atoms with van der Waals surface area (Å²) in [6.07, 6.45) is -4.68. The Labute approximate surface area is 116 Å². The minimum Gasteiger partial charge on any atom is -0.321 e. The van der Waals surface area contributed by atoms with Crippen LogP contribution in [0.3, 0.4) is 0 Å². The first kappa shape index (κ1) is 14.8. The van der Waals surface area contributed by atoms with Gasteiger partial charge in [-0.3, -0.25) is 10.1 Å². The monoisotopic (exact) mass is 301 g/mol. The van der Waals surface area contributed by atoms with E-state index in [1.54, 1.807) is 0 Å². The Bertz CT molecular complexity index is 640. The third-order valence-electron chi connectivity index (χ3n) is 3.01. The highest BCUT2D eigenvalue weighted by Crippen LogP contribution is 2.37. The van der Waals surface area contributed by atoms with Crippen molar-refractivity contribution in [3.8, 4) is 0 Å². The van der Waals surface area contributed by atoms with Crippen LogP contribution in [0.2, 0.25) is 0 Å². The second-order valence-corrected chi connectivity index (χ2v) is 4.38. The van der Waals surface area contributed by atoms with Crippen LogP contribution in [0.25, 0.3) is 0 Å². The van der Waals surface area contributed by atoms with Gasteiger partial charge >= 0.3 is 12.2 Å². The molecule has 21 heavy (non-hydrogen) atoms. The average molecular weight is 301 g/mol. The number of nitrogens with zero attached hydrogens (tertiary/aromatic N) is 1. The Morgan fingerprint density at radius 2 is 1.90 bits per heavy atom. The smallest absolute Gasteiger partial charge is 0.321 e. The highest BCUT2D eigenvalue weighted by molar-refractivity contribution is 5.78. The summed E-state index contributed by atoms with van der Waals surface area (Å²) in [6.45, 7) is 1.26. The van der Waals surface area contributed by atoms with E-state index < -0.39 is 34.4 Å². The second-order valence-electron chi connectivity index (χ2n) is 4.38. The van der Waals surface area contributed by atoms with E-state index in [1.165, 1.54) is 19.1 Å². The molecule has 0 fully saturated rings. The largest absolute Gasteiger partial charge is 0.416 e. The zero-order valence-corrected chi connectivity index (χ0v) is 10.7. The van der Waals surface area contributed by atoms with Gasteiger partial charge in [-0.25, -0.2) is 4.79 Å². The molecule has 0 unspecified atom stereocenters. The van der Waals surface area contributed by atoms with Gasteiger partial charge in [0.15, 0.2) is 0 Å². The van der Waals surface area contributed by atoms with Gasteiger partial charge in [0.05, 0.1) is 16.2 Å². The van der Waals surface area contributed by atoms with Gasteiger partial charge in [0.2, 0.25) is 0 Å². The van der Waals surface area contributed by atoms with Crippen LogP contribution < -0.4 is 10.6 Å². The maximum atomic E-state index is 13.0. The molecule has 0 saturated carbocycles. The molecule has 0 bridgehead atoms. The lowest BCUT2D eigenvalue weighted by atomic mass is 9.96. The number of halogens is 3. The van der Waals surface area contributed by atoms with Gasteiger partial charge in [0, 0.05) is 0 Å². The summed E-state index contributed by atoms with van der Waals surface area (Å²) in [5.41, 5.74) is -2.01. The number of nitrogens with one attached hydrogen (secondary N) is 2. The quantitative estimate of drug-likeness (QED) is 0.650. The minimum absolute atomic E-state index is 0.0919. The summed E-state index contributed by atoms with van der Waals surface area (Å²) in [7, 11) is 0. The van der Waals surface area contributed by atoms with Crippen LogP contribution in [0.15, 0.2) is 35.7 Å². The molecule has 6 nitrogen and oxygen atoms in total. The minimum atomic E-state index is -4.68. The van der Waals surface area contributed by atoms with Gasteiger partial charge in [0.1, 0.15) is 6.04 Å². The number of hydrogen-bond donors (Lipinski definition) is 2. The zero-order chi connectivity index (χ0) is 15.8. The number of hydrogen-bond acceptors (Lipinski definition) is 3. The SMILES string of the molecule is CC1=C([N+](=O)[O-])[C@H](c2ccccc2C(F)(F)F)NC(=O)N1. The van der Waals surface area contributed by atoms with Crippen LogP contribution in [0.1, 0.15) is 24.1 Å². The molecule has 1 aliphatic heterocycles.